The Bertz CT molecular complexity index is 482. The maximum Gasteiger partial charge on any atom is 0.387 e. The van der Waals surface area contributed by atoms with Gasteiger partial charge in [-0.15, -0.1) is 0 Å². The van der Waals surface area contributed by atoms with Gasteiger partial charge in [0.1, 0.15) is 11.6 Å². The van der Waals surface area contributed by atoms with Crippen molar-refractivity contribution in [2.24, 2.45) is 0 Å². The van der Waals surface area contributed by atoms with Crippen molar-refractivity contribution in [3.8, 4) is 17.6 Å². The third-order valence-electron chi connectivity index (χ3n) is 1.85. The standard InChI is InChI=1S/C10H7F2NO4/c1-16-9(15)7-5(4-13)2-3-6(14)8(7)17-10(11)12/h2-3,10,14H,1H3. The van der Waals surface area contributed by atoms with Crippen molar-refractivity contribution < 1.29 is 28.2 Å². The molecule has 1 aromatic carbocycles. The lowest BCUT2D eigenvalue weighted by atomic mass is 10.1. The molecule has 0 aromatic heterocycles. The van der Waals surface area contributed by atoms with Gasteiger partial charge in [-0.05, 0) is 12.1 Å². The van der Waals surface area contributed by atoms with Gasteiger partial charge in [-0.2, -0.15) is 14.0 Å². The van der Waals surface area contributed by atoms with E-state index in [2.05, 4.69) is 9.47 Å². The Morgan fingerprint density at radius 3 is 2.65 bits per heavy atom. The highest BCUT2D eigenvalue weighted by molar-refractivity contribution is 5.96. The first-order chi connectivity index (χ1) is 8.01. The third kappa shape index (κ3) is 2.60. The first-order valence-corrected chi connectivity index (χ1v) is 4.30. The zero-order valence-electron chi connectivity index (χ0n) is 8.61. The van der Waals surface area contributed by atoms with Crippen molar-refractivity contribution in [1.82, 2.24) is 0 Å². The van der Waals surface area contributed by atoms with Crippen LogP contribution in [0.4, 0.5) is 8.78 Å². The van der Waals surface area contributed by atoms with E-state index in [9.17, 15) is 18.7 Å². The highest BCUT2D eigenvalue weighted by atomic mass is 19.3. The van der Waals surface area contributed by atoms with E-state index in [1.54, 1.807) is 6.07 Å². The predicted molar refractivity (Wildman–Crippen MR) is 50.8 cm³/mol. The zero-order valence-corrected chi connectivity index (χ0v) is 8.61. The van der Waals surface area contributed by atoms with Gasteiger partial charge in [0.15, 0.2) is 11.5 Å². The number of halogens is 2. The van der Waals surface area contributed by atoms with Crippen LogP contribution in [0.5, 0.6) is 11.5 Å². The fourth-order valence-corrected chi connectivity index (χ4v) is 1.18. The Morgan fingerprint density at radius 2 is 2.18 bits per heavy atom. The molecule has 90 valence electrons. The second-order valence-corrected chi connectivity index (χ2v) is 2.82. The lowest BCUT2D eigenvalue weighted by Gasteiger charge is -2.11. The van der Waals surface area contributed by atoms with Crippen LogP contribution in [0, 0.1) is 11.3 Å². The number of carbonyl (C=O) groups is 1. The predicted octanol–water partition coefficient (Wildman–Crippen LogP) is 1.65. The SMILES string of the molecule is COC(=O)c1c(C#N)ccc(O)c1OC(F)F. The summed E-state index contributed by atoms with van der Waals surface area (Å²) in [6.07, 6.45) is 0. The monoisotopic (exact) mass is 243 g/mol. The molecule has 0 saturated heterocycles. The van der Waals surface area contributed by atoms with Crippen LogP contribution in [0.1, 0.15) is 15.9 Å². The zero-order chi connectivity index (χ0) is 13.0. The van der Waals surface area contributed by atoms with Crippen molar-refractivity contribution in [3.05, 3.63) is 23.3 Å². The Morgan fingerprint density at radius 1 is 1.53 bits per heavy atom. The Hall–Kier alpha value is -2.36. The van der Waals surface area contributed by atoms with E-state index < -0.39 is 29.6 Å². The molecule has 1 N–H and O–H groups in total. The Balaban J connectivity index is 3.43. The molecule has 7 heteroatoms. The average molecular weight is 243 g/mol. The molecule has 17 heavy (non-hydrogen) atoms. The van der Waals surface area contributed by atoms with Gasteiger partial charge >= 0.3 is 12.6 Å². The van der Waals surface area contributed by atoms with Gasteiger partial charge in [-0.25, -0.2) is 4.79 Å². The summed E-state index contributed by atoms with van der Waals surface area (Å²) < 4.78 is 32.6. The van der Waals surface area contributed by atoms with Crippen LogP contribution in [0.2, 0.25) is 0 Å². The second kappa shape index (κ2) is 5.12. The highest BCUT2D eigenvalue weighted by Gasteiger charge is 2.24. The molecule has 0 bridgehead atoms. The maximum atomic E-state index is 12.1. The maximum absolute atomic E-state index is 12.1. The molecule has 1 aromatic rings. The summed E-state index contributed by atoms with van der Waals surface area (Å²) in [7, 11) is 1.01. The van der Waals surface area contributed by atoms with E-state index in [-0.39, 0.29) is 5.56 Å². The number of ether oxygens (including phenoxy) is 2. The lowest BCUT2D eigenvalue weighted by Crippen LogP contribution is -2.11. The number of phenolic OH excluding ortho intramolecular Hbond substituents is 1. The van der Waals surface area contributed by atoms with E-state index in [0.29, 0.717) is 0 Å². The van der Waals surface area contributed by atoms with Crippen molar-refractivity contribution in [2.75, 3.05) is 7.11 Å². The van der Waals surface area contributed by atoms with E-state index in [1.165, 1.54) is 0 Å². The van der Waals surface area contributed by atoms with Gasteiger partial charge in [-0.1, -0.05) is 0 Å². The number of methoxy groups -OCH3 is 1. The summed E-state index contributed by atoms with van der Waals surface area (Å²) >= 11 is 0. The topological polar surface area (TPSA) is 79.6 Å². The third-order valence-corrected chi connectivity index (χ3v) is 1.85. The molecular weight excluding hydrogens is 236 g/mol. The van der Waals surface area contributed by atoms with Crippen molar-refractivity contribution in [2.45, 2.75) is 6.61 Å². The normalized spacial score (nSPS) is 9.82. The van der Waals surface area contributed by atoms with Gasteiger partial charge in [0.25, 0.3) is 0 Å². The number of aromatic hydroxyl groups is 1. The number of benzene rings is 1. The Kier molecular flexibility index (Phi) is 3.82. The van der Waals surface area contributed by atoms with Crippen molar-refractivity contribution >= 4 is 5.97 Å². The van der Waals surface area contributed by atoms with E-state index in [0.717, 1.165) is 19.2 Å². The van der Waals surface area contributed by atoms with E-state index in [4.69, 9.17) is 5.26 Å². The second-order valence-electron chi connectivity index (χ2n) is 2.82. The molecule has 0 aliphatic rings. The lowest BCUT2D eigenvalue weighted by molar-refractivity contribution is -0.0518. The average Bonchev–Trinajstić information content (AvgIpc) is 2.30. The molecule has 0 unspecified atom stereocenters. The number of hydrogen-bond acceptors (Lipinski definition) is 5. The summed E-state index contributed by atoms with van der Waals surface area (Å²) in [4.78, 5) is 11.3. The first-order valence-electron chi connectivity index (χ1n) is 4.30. The fourth-order valence-electron chi connectivity index (χ4n) is 1.18. The van der Waals surface area contributed by atoms with Gasteiger partial charge in [0.05, 0.1) is 12.7 Å². The fraction of sp³-hybridized carbons (Fsp3) is 0.200. The number of esters is 1. The quantitative estimate of drug-likeness (QED) is 0.816. The van der Waals surface area contributed by atoms with Crippen LogP contribution >= 0.6 is 0 Å². The largest absolute Gasteiger partial charge is 0.504 e. The van der Waals surface area contributed by atoms with Crippen molar-refractivity contribution in [3.63, 3.8) is 0 Å². The molecule has 1 rings (SSSR count). The van der Waals surface area contributed by atoms with E-state index >= 15 is 0 Å². The molecule has 0 radical (unpaired) electrons. The van der Waals surface area contributed by atoms with Crippen LogP contribution in [0.25, 0.3) is 0 Å². The minimum Gasteiger partial charge on any atom is -0.504 e. The summed E-state index contributed by atoms with van der Waals surface area (Å²) in [6.45, 7) is -3.24. The molecule has 5 nitrogen and oxygen atoms in total. The van der Waals surface area contributed by atoms with Crippen LogP contribution in [-0.2, 0) is 4.74 Å². The van der Waals surface area contributed by atoms with Gasteiger partial charge in [0.2, 0.25) is 0 Å². The van der Waals surface area contributed by atoms with Gasteiger partial charge < -0.3 is 14.6 Å². The van der Waals surface area contributed by atoms with Crippen LogP contribution in [0.3, 0.4) is 0 Å². The Labute approximate surface area is 94.8 Å². The van der Waals surface area contributed by atoms with Gasteiger partial charge in [-0.3, -0.25) is 0 Å². The molecule has 0 atom stereocenters. The number of alkyl halides is 2. The number of rotatable bonds is 3. The van der Waals surface area contributed by atoms with Crippen LogP contribution in [-0.4, -0.2) is 24.8 Å². The first kappa shape index (κ1) is 12.7. The van der Waals surface area contributed by atoms with Crippen molar-refractivity contribution in [1.29, 1.82) is 5.26 Å². The summed E-state index contributed by atoms with van der Waals surface area (Å²) in [6, 6.07) is 3.69. The molecule has 0 aliphatic heterocycles. The molecule has 0 saturated carbocycles. The molecular formula is C10H7F2NO4. The molecule has 0 aliphatic carbocycles. The number of nitriles is 1. The number of phenols is 1. The summed E-state index contributed by atoms with van der Waals surface area (Å²) in [5, 5.41) is 18.1. The van der Waals surface area contributed by atoms with Crippen LogP contribution in [0.15, 0.2) is 12.1 Å². The molecule has 0 heterocycles. The number of carbonyl (C=O) groups excluding carboxylic acids is 1. The smallest absolute Gasteiger partial charge is 0.387 e. The molecule has 0 spiro atoms. The summed E-state index contributed by atoms with van der Waals surface area (Å²) in [5.41, 5.74) is -0.763. The molecule has 0 fully saturated rings. The van der Waals surface area contributed by atoms with E-state index in [1.807, 2.05) is 0 Å². The minimum atomic E-state index is -3.24. The van der Waals surface area contributed by atoms with Gasteiger partial charge in [0, 0.05) is 0 Å². The van der Waals surface area contributed by atoms with Crippen LogP contribution < -0.4 is 4.74 Å². The minimum absolute atomic E-state index is 0.231. The number of hydrogen-bond donors (Lipinski definition) is 1. The number of nitrogens with zero attached hydrogens (tertiary/aromatic N) is 1. The summed E-state index contributed by atoms with van der Waals surface area (Å²) in [5.74, 6) is -2.50. The highest BCUT2D eigenvalue weighted by Crippen LogP contribution is 2.34. The molecule has 0 amide bonds.